The lowest BCUT2D eigenvalue weighted by Crippen LogP contribution is -2.56. The smallest absolute Gasteiger partial charge is 0.276 e. The number of pyridine rings is 1. The molecule has 10 heteroatoms. The van der Waals surface area contributed by atoms with Gasteiger partial charge in [-0.3, -0.25) is 9.78 Å². The van der Waals surface area contributed by atoms with Crippen molar-refractivity contribution >= 4 is 15.9 Å². The van der Waals surface area contributed by atoms with E-state index in [0.29, 0.717) is 18.7 Å². The number of likely N-dealkylation sites (tertiary alicyclic amines) is 1. The van der Waals surface area contributed by atoms with Gasteiger partial charge in [0.2, 0.25) is 10.0 Å². The van der Waals surface area contributed by atoms with E-state index in [9.17, 15) is 13.2 Å². The first kappa shape index (κ1) is 17.8. The highest BCUT2D eigenvalue weighted by Crippen LogP contribution is 2.47. The summed E-state index contributed by atoms with van der Waals surface area (Å²) >= 11 is 0. The highest BCUT2D eigenvalue weighted by atomic mass is 32.2. The Morgan fingerprint density at radius 3 is 2.96 bits per heavy atom. The predicted molar refractivity (Wildman–Crippen MR) is 96.7 cm³/mol. The molecule has 3 aliphatic heterocycles. The number of ether oxygens (including phenoxy) is 1. The first-order valence-corrected chi connectivity index (χ1v) is 10.7. The first-order chi connectivity index (χ1) is 13.4. The van der Waals surface area contributed by atoms with E-state index in [1.165, 1.54) is 4.31 Å². The van der Waals surface area contributed by atoms with Gasteiger partial charge in [0.1, 0.15) is 16.6 Å². The number of carbonyl (C=O) groups excluding carboxylic acids is 1. The zero-order valence-corrected chi connectivity index (χ0v) is 16.1. The van der Waals surface area contributed by atoms with Crippen molar-refractivity contribution in [2.24, 2.45) is 0 Å². The number of hydrogen-bond acceptors (Lipinski definition) is 7. The summed E-state index contributed by atoms with van der Waals surface area (Å²) in [5.74, 6) is 0.301. The average Bonchev–Trinajstić information content (AvgIpc) is 3.27. The molecule has 1 amide bonds. The van der Waals surface area contributed by atoms with Gasteiger partial charge in [0.25, 0.3) is 5.91 Å². The molecule has 148 valence electrons. The Morgan fingerprint density at radius 1 is 1.39 bits per heavy atom. The van der Waals surface area contributed by atoms with Crippen LogP contribution in [-0.4, -0.2) is 70.3 Å². The van der Waals surface area contributed by atoms with Crippen molar-refractivity contribution < 1.29 is 22.5 Å². The lowest BCUT2D eigenvalue weighted by Gasteiger charge is -2.39. The fraction of sp³-hybridized carbons (Fsp3) is 0.500. The number of aryl methyl sites for hydroxylation is 1. The quantitative estimate of drug-likeness (QED) is 0.736. The second kappa shape index (κ2) is 6.10. The maximum absolute atomic E-state index is 13.2. The van der Waals surface area contributed by atoms with Crippen LogP contribution in [0.4, 0.5) is 0 Å². The summed E-state index contributed by atoms with van der Waals surface area (Å²) in [5, 5.41) is 3.16. The molecule has 9 nitrogen and oxygen atoms in total. The van der Waals surface area contributed by atoms with E-state index in [1.807, 2.05) is 6.07 Å². The third kappa shape index (κ3) is 2.66. The summed E-state index contributed by atoms with van der Waals surface area (Å²) in [7, 11) is -3.53. The summed E-state index contributed by atoms with van der Waals surface area (Å²) in [4.78, 5) is 18.5. The van der Waals surface area contributed by atoms with Gasteiger partial charge in [-0.15, -0.1) is 0 Å². The number of sulfonamides is 1. The van der Waals surface area contributed by atoms with Gasteiger partial charge >= 0.3 is 0 Å². The second-order valence-electron chi connectivity index (χ2n) is 7.71. The standard InChI is InChI=1S/C18H20N4O5S/c1-12-5-15(20-27-12)17(23)21-9-14-6-16-18(10-21,26-14)11-22(28(16,24)25)8-13-3-2-4-19-7-13/h2-5,7,14,16H,6,8-11H2,1H3/t14-,16+,18+/m0/s1. The molecule has 0 unspecified atom stereocenters. The van der Waals surface area contributed by atoms with Gasteiger partial charge in [-0.2, -0.15) is 4.31 Å². The zero-order valence-electron chi connectivity index (χ0n) is 15.3. The van der Waals surface area contributed by atoms with Gasteiger partial charge in [0, 0.05) is 38.1 Å². The van der Waals surface area contributed by atoms with Crippen LogP contribution in [0.2, 0.25) is 0 Å². The summed E-state index contributed by atoms with van der Waals surface area (Å²) in [5.41, 5.74) is 0.152. The SMILES string of the molecule is Cc1cc(C(=O)N2C[C@@H]3C[C@@H]4[C@@](C2)(CN(Cc2cccnc2)S4(=O)=O)O3)no1. The third-order valence-electron chi connectivity index (χ3n) is 5.73. The van der Waals surface area contributed by atoms with Crippen LogP contribution in [0, 0.1) is 6.92 Å². The van der Waals surface area contributed by atoms with Crippen LogP contribution in [0.5, 0.6) is 0 Å². The second-order valence-corrected chi connectivity index (χ2v) is 9.83. The summed E-state index contributed by atoms with van der Waals surface area (Å²) < 4.78 is 38.9. The van der Waals surface area contributed by atoms with Crippen LogP contribution in [0.3, 0.4) is 0 Å². The third-order valence-corrected chi connectivity index (χ3v) is 8.05. The number of hydrogen-bond donors (Lipinski definition) is 0. The summed E-state index contributed by atoms with van der Waals surface area (Å²) in [6, 6.07) is 5.22. The Balaban J connectivity index is 1.41. The minimum Gasteiger partial charge on any atom is -0.365 e. The molecule has 3 fully saturated rings. The highest BCUT2D eigenvalue weighted by Gasteiger charge is 2.65. The van der Waals surface area contributed by atoms with Crippen molar-refractivity contribution in [1.82, 2.24) is 19.3 Å². The van der Waals surface area contributed by atoms with Crippen LogP contribution < -0.4 is 0 Å². The molecule has 0 N–H and O–H groups in total. The molecule has 28 heavy (non-hydrogen) atoms. The Kier molecular flexibility index (Phi) is 3.87. The van der Waals surface area contributed by atoms with Gasteiger partial charge in [-0.1, -0.05) is 11.2 Å². The van der Waals surface area contributed by atoms with Gasteiger partial charge in [-0.25, -0.2) is 8.42 Å². The van der Waals surface area contributed by atoms with E-state index < -0.39 is 20.9 Å². The number of fused-ring (bicyclic) bond motifs is 1. The van der Waals surface area contributed by atoms with Crippen molar-refractivity contribution in [1.29, 1.82) is 0 Å². The molecule has 3 atom stereocenters. The number of amides is 1. The lowest BCUT2D eigenvalue weighted by molar-refractivity contribution is -0.0981. The van der Waals surface area contributed by atoms with E-state index in [4.69, 9.17) is 9.26 Å². The van der Waals surface area contributed by atoms with Crippen LogP contribution in [0.25, 0.3) is 0 Å². The molecule has 2 aromatic heterocycles. The fourth-order valence-corrected chi connectivity index (χ4v) is 6.86. The normalized spacial score (nSPS) is 31.1. The molecule has 5 rings (SSSR count). The van der Waals surface area contributed by atoms with Gasteiger partial charge in [0.15, 0.2) is 5.69 Å². The molecule has 3 saturated heterocycles. The molecule has 0 saturated carbocycles. The number of carbonyl (C=O) groups is 1. The number of morpholine rings is 1. The van der Waals surface area contributed by atoms with Crippen LogP contribution in [0.15, 0.2) is 35.1 Å². The van der Waals surface area contributed by atoms with Crippen molar-refractivity contribution in [2.75, 3.05) is 19.6 Å². The van der Waals surface area contributed by atoms with Crippen LogP contribution in [0.1, 0.15) is 28.2 Å². The maximum Gasteiger partial charge on any atom is 0.276 e. The average molecular weight is 404 g/mol. The minimum atomic E-state index is -3.53. The van der Waals surface area contributed by atoms with E-state index in [1.54, 1.807) is 36.4 Å². The monoisotopic (exact) mass is 404 g/mol. The molecule has 3 aliphatic rings. The van der Waals surface area contributed by atoms with Gasteiger partial charge < -0.3 is 14.2 Å². The van der Waals surface area contributed by atoms with Crippen molar-refractivity contribution in [2.45, 2.75) is 36.8 Å². The number of rotatable bonds is 3. The van der Waals surface area contributed by atoms with E-state index >= 15 is 0 Å². The number of nitrogens with zero attached hydrogens (tertiary/aromatic N) is 4. The van der Waals surface area contributed by atoms with Crippen LogP contribution in [-0.2, 0) is 21.3 Å². The molecule has 2 bridgehead atoms. The topological polar surface area (TPSA) is 106 Å². The Labute approximate surface area is 162 Å². The Morgan fingerprint density at radius 2 is 2.25 bits per heavy atom. The summed E-state index contributed by atoms with van der Waals surface area (Å²) in [6.07, 6.45) is 3.42. The molecule has 1 spiro atoms. The summed E-state index contributed by atoms with van der Waals surface area (Å²) in [6.45, 7) is 2.79. The minimum absolute atomic E-state index is 0.224. The van der Waals surface area contributed by atoms with E-state index in [0.717, 1.165) is 5.56 Å². The highest BCUT2D eigenvalue weighted by molar-refractivity contribution is 7.90. The Hall–Kier alpha value is -2.30. The fourth-order valence-electron chi connectivity index (χ4n) is 4.57. The maximum atomic E-state index is 13.2. The number of aromatic nitrogens is 2. The first-order valence-electron chi connectivity index (χ1n) is 9.16. The molecular weight excluding hydrogens is 384 g/mol. The Bertz CT molecular complexity index is 1020. The molecule has 0 aromatic carbocycles. The lowest BCUT2D eigenvalue weighted by atomic mass is 9.99. The van der Waals surface area contributed by atoms with Crippen molar-refractivity contribution in [3.05, 3.63) is 47.6 Å². The van der Waals surface area contributed by atoms with Crippen LogP contribution >= 0.6 is 0 Å². The van der Waals surface area contributed by atoms with Crippen molar-refractivity contribution in [3.8, 4) is 0 Å². The van der Waals surface area contributed by atoms with Gasteiger partial charge in [0.05, 0.1) is 12.6 Å². The predicted octanol–water partition coefficient (Wildman–Crippen LogP) is 0.576. The van der Waals surface area contributed by atoms with Crippen molar-refractivity contribution in [3.63, 3.8) is 0 Å². The molecule has 2 aromatic rings. The largest absolute Gasteiger partial charge is 0.365 e. The molecule has 0 aliphatic carbocycles. The zero-order chi connectivity index (χ0) is 19.5. The molecular formula is C18H20N4O5S. The molecule has 5 heterocycles. The van der Waals surface area contributed by atoms with Gasteiger partial charge in [-0.05, 0) is 25.0 Å². The van der Waals surface area contributed by atoms with E-state index in [-0.39, 0.29) is 37.3 Å². The molecule has 0 radical (unpaired) electrons. The van der Waals surface area contributed by atoms with E-state index in [2.05, 4.69) is 10.1 Å².